The van der Waals surface area contributed by atoms with Gasteiger partial charge in [-0.1, -0.05) is 45.8 Å². The van der Waals surface area contributed by atoms with Crippen LogP contribution in [0.2, 0.25) is 0 Å². The van der Waals surface area contributed by atoms with Gasteiger partial charge in [0.2, 0.25) is 0 Å². The number of pyridine rings is 1. The van der Waals surface area contributed by atoms with Crippen LogP contribution in [0.3, 0.4) is 0 Å². The molecule has 0 aliphatic heterocycles. The van der Waals surface area contributed by atoms with Gasteiger partial charge in [0.1, 0.15) is 6.20 Å². The Morgan fingerprint density at radius 1 is 1.23 bits per heavy atom. The van der Waals surface area contributed by atoms with E-state index < -0.39 is 0 Å². The van der Waals surface area contributed by atoms with E-state index in [-0.39, 0.29) is 10.6 Å². The van der Waals surface area contributed by atoms with Gasteiger partial charge in [0.15, 0.2) is 0 Å². The predicted molar refractivity (Wildman–Crippen MR) is 90.1 cm³/mol. The number of hydrogen-bond acceptors (Lipinski definition) is 3. The fourth-order valence-electron chi connectivity index (χ4n) is 2.58. The van der Waals surface area contributed by atoms with Crippen LogP contribution in [0.25, 0.3) is 10.9 Å². The maximum atomic E-state index is 11.4. The van der Waals surface area contributed by atoms with Crippen LogP contribution in [0.15, 0.2) is 53.1 Å². The van der Waals surface area contributed by atoms with Crippen LogP contribution in [-0.2, 0) is 6.42 Å². The molecule has 2 aromatic carbocycles. The zero-order chi connectivity index (χ0) is 15.7. The highest BCUT2D eigenvalue weighted by Crippen LogP contribution is 2.30. The summed E-state index contributed by atoms with van der Waals surface area (Å²) in [5, 5.41) is 12.2. The number of nitro groups is 1. The third-order valence-electron chi connectivity index (χ3n) is 3.58. The quantitative estimate of drug-likeness (QED) is 0.500. The minimum atomic E-state index is -0.363. The maximum Gasteiger partial charge on any atom is 0.291 e. The number of fused-ring (bicyclic) bond motifs is 1. The molecule has 110 valence electrons. The molecule has 5 heteroatoms. The summed E-state index contributed by atoms with van der Waals surface area (Å²) in [6, 6.07) is 13.7. The van der Waals surface area contributed by atoms with Gasteiger partial charge in [0, 0.05) is 21.8 Å². The molecule has 0 N–H and O–H groups in total. The highest BCUT2D eigenvalue weighted by atomic mass is 79.9. The first-order valence-corrected chi connectivity index (χ1v) is 7.61. The average molecular weight is 357 g/mol. The molecular weight excluding hydrogens is 344 g/mol. The average Bonchev–Trinajstić information content (AvgIpc) is 2.47. The molecule has 1 aromatic heterocycles. The molecule has 0 radical (unpaired) electrons. The van der Waals surface area contributed by atoms with E-state index in [0.717, 1.165) is 26.5 Å². The summed E-state index contributed by atoms with van der Waals surface area (Å²) in [5.41, 5.74) is 3.71. The molecule has 0 unspecified atom stereocenters. The molecule has 0 atom stereocenters. The van der Waals surface area contributed by atoms with E-state index in [0.29, 0.717) is 12.0 Å². The predicted octanol–water partition coefficient (Wildman–Crippen LogP) is 4.80. The summed E-state index contributed by atoms with van der Waals surface area (Å²) in [5.74, 6) is 0. The summed E-state index contributed by atoms with van der Waals surface area (Å²) in [6.45, 7) is 2.01. The lowest BCUT2D eigenvalue weighted by Crippen LogP contribution is -2.00. The number of halogens is 1. The fourth-order valence-corrected chi connectivity index (χ4v) is 2.94. The number of nitrogens with zero attached hydrogens (tertiary/aromatic N) is 2. The van der Waals surface area contributed by atoms with Gasteiger partial charge < -0.3 is 0 Å². The van der Waals surface area contributed by atoms with E-state index in [1.54, 1.807) is 0 Å². The first-order valence-electron chi connectivity index (χ1n) is 6.81. The summed E-state index contributed by atoms with van der Waals surface area (Å²) in [4.78, 5) is 15.2. The molecule has 0 aliphatic carbocycles. The van der Waals surface area contributed by atoms with Gasteiger partial charge >= 0.3 is 0 Å². The first-order chi connectivity index (χ1) is 10.5. The molecule has 0 fully saturated rings. The van der Waals surface area contributed by atoms with Crippen molar-refractivity contribution in [3.63, 3.8) is 0 Å². The Hall–Kier alpha value is -2.27. The topological polar surface area (TPSA) is 56.0 Å². The Morgan fingerprint density at radius 2 is 2.05 bits per heavy atom. The Labute approximate surface area is 136 Å². The zero-order valence-corrected chi connectivity index (χ0v) is 13.5. The van der Waals surface area contributed by atoms with E-state index in [2.05, 4.69) is 20.9 Å². The highest BCUT2D eigenvalue weighted by Gasteiger charge is 2.18. The maximum absolute atomic E-state index is 11.4. The van der Waals surface area contributed by atoms with Crippen LogP contribution in [0.1, 0.15) is 16.7 Å². The fraction of sp³-hybridized carbons (Fsp3) is 0.118. The molecule has 22 heavy (non-hydrogen) atoms. The van der Waals surface area contributed by atoms with Crippen molar-refractivity contribution in [2.24, 2.45) is 0 Å². The van der Waals surface area contributed by atoms with Crippen LogP contribution in [-0.4, -0.2) is 9.91 Å². The van der Waals surface area contributed by atoms with E-state index >= 15 is 0 Å². The van der Waals surface area contributed by atoms with Crippen molar-refractivity contribution in [1.82, 2.24) is 4.98 Å². The van der Waals surface area contributed by atoms with Crippen LogP contribution in [0.4, 0.5) is 5.69 Å². The molecule has 0 aliphatic rings. The molecule has 3 aromatic rings. The Morgan fingerprint density at radius 3 is 2.77 bits per heavy atom. The Kier molecular flexibility index (Phi) is 3.90. The third-order valence-corrected chi connectivity index (χ3v) is 4.07. The molecule has 1 heterocycles. The molecule has 0 spiro atoms. The monoisotopic (exact) mass is 356 g/mol. The van der Waals surface area contributed by atoms with Gasteiger partial charge in [-0.15, -0.1) is 0 Å². The van der Waals surface area contributed by atoms with Gasteiger partial charge in [0.25, 0.3) is 5.69 Å². The molecule has 0 saturated heterocycles. The Bertz CT molecular complexity index is 878. The van der Waals surface area contributed by atoms with Gasteiger partial charge in [-0.2, -0.15) is 0 Å². The van der Waals surface area contributed by atoms with Crippen molar-refractivity contribution < 1.29 is 4.92 Å². The van der Waals surface area contributed by atoms with Crippen molar-refractivity contribution in [2.75, 3.05) is 0 Å². The van der Waals surface area contributed by atoms with Crippen molar-refractivity contribution in [2.45, 2.75) is 13.3 Å². The number of aromatic nitrogens is 1. The lowest BCUT2D eigenvalue weighted by atomic mass is 9.99. The second kappa shape index (κ2) is 5.85. The van der Waals surface area contributed by atoms with Crippen molar-refractivity contribution in [3.05, 3.63) is 79.9 Å². The molecule has 0 amide bonds. The lowest BCUT2D eigenvalue weighted by molar-refractivity contribution is -0.385. The SMILES string of the molecule is Cc1cccc(Cc2c([N+](=O)[O-])cnc3ccc(Br)cc23)c1. The second-order valence-electron chi connectivity index (χ2n) is 5.21. The molecule has 0 saturated carbocycles. The van der Waals surface area contributed by atoms with Crippen LogP contribution in [0.5, 0.6) is 0 Å². The van der Waals surface area contributed by atoms with Crippen molar-refractivity contribution in [1.29, 1.82) is 0 Å². The Balaban J connectivity index is 2.22. The van der Waals surface area contributed by atoms with Crippen molar-refractivity contribution in [3.8, 4) is 0 Å². The number of rotatable bonds is 3. The van der Waals surface area contributed by atoms with Crippen LogP contribution >= 0.6 is 15.9 Å². The smallest absolute Gasteiger partial charge is 0.258 e. The van der Waals surface area contributed by atoms with E-state index in [9.17, 15) is 10.1 Å². The van der Waals surface area contributed by atoms with Crippen LogP contribution < -0.4 is 0 Å². The first kappa shape index (κ1) is 14.7. The minimum absolute atomic E-state index is 0.0621. The van der Waals surface area contributed by atoms with Crippen LogP contribution in [0, 0.1) is 17.0 Å². The molecule has 3 rings (SSSR count). The normalized spacial score (nSPS) is 10.8. The number of hydrogen-bond donors (Lipinski definition) is 0. The largest absolute Gasteiger partial charge is 0.291 e. The zero-order valence-electron chi connectivity index (χ0n) is 11.9. The van der Waals surface area contributed by atoms with Crippen molar-refractivity contribution >= 4 is 32.5 Å². The van der Waals surface area contributed by atoms with Gasteiger partial charge in [-0.05, 0) is 30.7 Å². The van der Waals surface area contributed by atoms with Gasteiger partial charge in [0.05, 0.1) is 10.4 Å². The standard InChI is InChI=1S/C17H13BrN2O2/c1-11-3-2-4-12(7-11)8-15-14-9-13(18)5-6-16(14)19-10-17(15)20(21)22/h2-7,9-10H,8H2,1H3. The van der Waals surface area contributed by atoms with E-state index in [4.69, 9.17) is 0 Å². The summed E-state index contributed by atoms with van der Waals surface area (Å²) < 4.78 is 0.882. The van der Waals surface area contributed by atoms with E-state index in [1.165, 1.54) is 6.20 Å². The lowest BCUT2D eigenvalue weighted by Gasteiger charge is -2.08. The molecule has 0 bridgehead atoms. The minimum Gasteiger partial charge on any atom is -0.258 e. The molecular formula is C17H13BrN2O2. The molecule has 4 nitrogen and oxygen atoms in total. The number of benzene rings is 2. The summed E-state index contributed by atoms with van der Waals surface area (Å²) in [6.07, 6.45) is 1.86. The van der Waals surface area contributed by atoms with Gasteiger partial charge in [-0.3, -0.25) is 10.1 Å². The number of aryl methyl sites for hydroxylation is 1. The highest BCUT2D eigenvalue weighted by molar-refractivity contribution is 9.10. The van der Waals surface area contributed by atoms with Gasteiger partial charge in [-0.25, -0.2) is 4.98 Å². The summed E-state index contributed by atoms with van der Waals surface area (Å²) in [7, 11) is 0. The summed E-state index contributed by atoms with van der Waals surface area (Å²) >= 11 is 3.43. The second-order valence-corrected chi connectivity index (χ2v) is 6.12. The third kappa shape index (κ3) is 2.85. The van der Waals surface area contributed by atoms with E-state index in [1.807, 2.05) is 49.4 Å².